The van der Waals surface area contributed by atoms with E-state index < -0.39 is 18.0 Å². The topological polar surface area (TPSA) is 90.0 Å². The zero-order valence-electron chi connectivity index (χ0n) is 13.3. The van der Waals surface area contributed by atoms with E-state index in [9.17, 15) is 19.2 Å². The second kappa shape index (κ2) is 7.81. The van der Waals surface area contributed by atoms with Crippen LogP contribution in [0.3, 0.4) is 0 Å². The molecule has 2 amide bonds. The van der Waals surface area contributed by atoms with Crippen molar-refractivity contribution in [2.45, 2.75) is 32.7 Å². The standard InChI is InChI=1S/C15H21NO6S/c1-3-21-12(17)6-5-11(15(20)22-4-2)16-13(18)9-7-23-8-10(9)14(16)19/h9-11H,3-8H2,1-2H3/t9?,10?,11-/m0/s1. The number of rotatable bonds is 7. The van der Waals surface area contributed by atoms with Gasteiger partial charge in [0.05, 0.1) is 25.0 Å². The third-order valence-electron chi connectivity index (χ3n) is 3.99. The van der Waals surface area contributed by atoms with Crippen LogP contribution in [0.2, 0.25) is 0 Å². The Morgan fingerprint density at radius 1 is 1.13 bits per heavy atom. The molecule has 0 spiro atoms. The monoisotopic (exact) mass is 343 g/mol. The maximum Gasteiger partial charge on any atom is 0.329 e. The molecule has 2 aliphatic rings. The Morgan fingerprint density at radius 3 is 2.22 bits per heavy atom. The molecule has 0 saturated carbocycles. The SMILES string of the molecule is CCOC(=O)CC[C@@H](C(=O)OCC)N1C(=O)C2CSCC2C1=O. The van der Waals surface area contributed by atoms with Crippen LogP contribution >= 0.6 is 11.8 Å². The Hall–Kier alpha value is -1.57. The summed E-state index contributed by atoms with van der Waals surface area (Å²) in [6.45, 7) is 3.73. The smallest absolute Gasteiger partial charge is 0.329 e. The molecule has 2 heterocycles. The number of imide groups is 1. The van der Waals surface area contributed by atoms with Crippen LogP contribution in [0.25, 0.3) is 0 Å². The number of hydrogen-bond acceptors (Lipinski definition) is 7. The highest BCUT2D eigenvalue weighted by molar-refractivity contribution is 7.99. The molecule has 0 aromatic rings. The maximum absolute atomic E-state index is 12.5. The average Bonchev–Trinajstić information content (AvgIpc) is 3.07. The summed E-state index contributed by atoms with van der Waals surface area (Å²) in [4.78, 5) is 49.7. The van der Waals surface area contributed by atoms with E-state index in [0.29, 0.717) is 11.5 Å². The molecule has 0 bridgehead atoms. The minimum absolute atomic E-state index is 0.0295. The van der Waals surface area contributed by atoms with Crippen LogP contribution in [0, 0.1) is 11.8 Å². The van der Waals surface area contributed by atoms with E-state index in [1.54, 1.807) is 25.6 Å². The highest BCUT2D eigenvalue weighted by atomic mass is 32.2. The molecular formula is C15H21NO6S. The minimum atomic E-state index is -1.05. The Morgan fingerprint density at radius 2 is 1.70 bits per heavy atom. The summed E-state index contributed by atoms with van der Waals surface area (Å²) in [5, 5.41) is 0. The first-order valence-corrected chi connectivity index (χ1v) is 8.93. The van der Waals surface area contributed by atoms with Gasteiger partial charge in [-0.25, -0.2) is 4.79 Å². The summed E-state index contributed by atoms with van der Waals surface area (Å²) in [6.07, 6.45) is -0.0137. The van der Waals surface area contributed by atoms with Gasteiger partial charge in [0, 0.05) is 17.9 Å². The van der Waals surface area contributed by atoms with Crippen molar-refractivity contribution in [3.05, 3.63) is 0 Å². The van der Waals surface area contributed by atoms with Crippen LogP contribution in [-0.2, 0) is 28.7 Å². The van der Waals surface area contributed by atoms with Gasteiger partial charge in [0.25, 0.3) is 0 Å². The van der Waals surface area contributed by atoms with Gasteiger partial charge in [-0.15, -0.1) is 0 Å². The molecule has 0 N–H and O–H groups in total. The number of thioether (sulfide) groups is 1. The molecule has 0 aromatic heterocycles. The molecular weight excluding hydrogens is 322 g/mol. The summed E-state index contributed by atoms with van der Waals surface area (Å²) in [6, 6.07) is -1.05. The van der Waals surface area contributed by atoms with Crippen molar-refractivity contribution in [3.63, 3.8) is 0 Å². The van der Waals surface area contributed by atoms with Gasteiger partial charge in [-0.1, -0.05) is 0 Å². The van der Waals surface area contributed by atoms with Crippen molar-refractivity contribution in [1.82, 2.24) is 4.90 Å². The number of esters is 2. The second-order valence-corrected chi connectivity index (χ2v) is 6.48. The fourth-order valence-corrected chi connectivity index (χ4v) is 4.29. The lowest BCUT2D eigenvalue weighted by Gasteiger charge is -2.25. The van der Waals surface area contributed by atoms with Crippen molar-refractivity contribution >= 4 is 35.5 Å². The highest BCUT2D eigenvalue weighted by Gasteiger charge is 2.53. The Bertz CT molecular complexity index is 486. The van der Waals surface area contributed by atoms with Crippen LogP contribution in [-0.4, -0.2) is 59.4 Å². The Balaban J connectivity index is 2.13. The fraction of sp³-hybridized carbons (Fsp3) is 0.733. The summed E-state index contributed by atoms with van der Waals surface area (Å²) >= 11 is 1.57. The third kappa shape index (κ3) is 3.68. The number of nitrogens with zero attached hydrogens (tertiary/aromatic N) is 1. The summed E-state index contributed by atoms with van der Waals surface area (Å²) < 4.78 is 9.83. The summed E-state index contributed by atoms with van der Waals surface area (Å²) in [5.74, 6) is -1.28. The van der Waals surface area contributed by atoms with Crippen LogP contribution in [0.15, 0.2) is 0 Å². The minimum Gasteiger partial charge on any atom is -0.466 e. The molecule has 2 fully saturated rings. The molecule has 2 saturated heterocycles. The predicted molar refractivity (Wildman–Crippen MR) is 82.4 cm³/mol. The molecule has 23 heavy (non-hydrogen) atoms. The summed E-state index contributed by atoms with van der Waals surface area (Å²) in [7, 11) is 0. The van der Waals surface area contributed by atoms with Crippen molar-refractivity contribution in [3.8, 4) is 0 Å². The van der Waals surface area contributed by atoms with E-state index in [0.717, 1.165) is 4.90 Å². The van der Waals surface area contributed by atoms with Gasteiger partial charge in [-0.2, -0.15) is 11.8 Å². The lowest BCUT2D eigenvalue weighted by molar-refractivity contribution is -0.159. The molecule has 128 valence electrons. The second-order valence-electron chi connectivity index (χ2n) is 5.41. The number of carbonyl (C=O) groups excluding carboxylic acids is 4. The van der Waals surface area contributed by atoms with Crippen molar-refractivity contribution < 1.29 is 28.7 Å². The first-order valence-electron chi connectivity index (χ1n) is 7.78. The van der Waals surface area contributed by atoms with Gasteiger partial charge >= 0.3 is 11.9 Å². The molecule has 0 aromatic carbocycles. The Labute approximate surface area is 139 Å². The van der Waals surface area contributed by atoms with E-state index in [2.05, 4.69) is 0 Å². The molecule has 0 aliphatic carbocycles. The zero-order valence-corrected chi connectivity index (χ0v) is 14.1. The van der Waals surface area contributed by atoms with E-state index in [1.807, 2.05) is 0 Å². The predicted octanol–water partition coefficient (Wildman–Crippen LogP) is 0.609. The van der Waals surface area contributed by atoms with Crippen LogP contribution in [0.5, 0.6) is 0 Å². The largest absolute Gasteiger partial charge is 0.466 e. The fourth-order valence-electron chi connectivity index (χ4n) is 2.89. The molecule has 2 unspecified atom stereocenters. The summed E-state index contributed by atoms with van der Waals surface area (Å²) in [5.41, 5.74) is 0. The van der Waals surface area contributed by atoms with Crippen LogP contribution < -0.4 is 0 Å². The van der Waals surface area contributed by atoms with E-state index >= 15 is 0 Å². The maximum atomic E-state index is 12.5. The lowest BCUT2D eigenvalue weighted by Crippen LogP contribution is -2.47. The van der Waals surface area contributed by atoms with Crippen molar-refractivity contribution in [2.24, 2.45) is 11.8 Å². The molecule has 7 nitrogen and oxygen atoms in total. The van der Waals surface area contributed by atoms with Crippen molar-refractivity contribution in [2.75, 3.05) is 24.7 Å². The van der Waals surface area contributed by atoms with Gasteiger partial charge in [-0.05, 0) is 20.3 Å². The first kappa shape index (κ1) is 17.8. The van der Waals surface area contributed by atoms with E-state index in [4.69, 9.17) is 9.47 Å². The van der Waals surface area contributed by atoms with E-state index in [-0.39, 0.29) is 49.7 Å². The number of carbonyl (C=O) groups is 4. The normalized spacial score (nSPS) is 24.5. The van der Waals surface area contributed by atoms with Gasteiger partial charge in [0.15, 0.2) is 0 Å². The van der Waals surface area contributed by atoms with E-state index in [1.165, 1.54) is 0 Å². The molecule has 8 heteroatoms. The van der Waals surface area contributed by atoms with Crippen LogP contribution in [0.1, 0.15) is 26.7 Å². The van der Waals surface area contributed by atoms with Gasteiger partial charge in [0.1, 0.15) is 6.04 Å². The third-order valence-corrected chi connectivity index (χ3v) is 5.18. The van der Waals surface area contributed by atoms with Gasteiger partial charge in [0.2, 0.25) is 11.8 Å². The molecule has 3 atom stereocenters. The number of hydrogen-bond donors (Lipinski definition) is 0. The molecule has 0 radical (unpaired) electrons. The zero-order chi connectivity index (χ0) is 17.0. The number of fused-ring (bicyclic) bond motifs is 1. The quantitative estimate of drug-likeness (QED) is 0.494. The van der Waals surface area contributed by atoms with Gasteiger partial charge in [-0.3, -0.25) is 19.3 Å². The van der Waals surface area contributed by atoms with Gasteiger partial charge < -0.3 is 9.47 Å². The van der Waals surface area contributed by atoms with Crippen LogP contribution in [0.4, 0.5) is 0 Å². The first-order chi connectivity index (χ1) is 11.0. The Kier molecular flexibility index (Phi) is 6.04. The van der Waals surface area contributed by atoms with Crippen molar-refractivity contribution in [1.29, 1.82) is 0 Å². The number of ether oxygens (including phenoxy) is 2. The lowest BCUT2D eigenvalue weighted by atomic mass is 10.00. The molecule has 2 rings (SSSR count). The highest BCUT2D eigenvalue weighted by Crippen LogP contribution is 2.39. The average molecular weight is 343 g/mol. The number of amides is 2. The number of likely N-dealkylation sites (tertiary alicyclic amines) is 1. The molecule has 2 aliphatic heterocycles.